The summed E-state index contributed by atoms with van der Waals surface area (Å²) >= 11 is 0. The molecule has 0 aliphatic carbocycles. The van der Waals surface area contributed by atoms with Crippen LogP contribution in [0.15, 0.2) is 84.9 Å². The van der Waals surface area contributed by atoms with Crippen molar-refractivity contribution < 1.29 is 4.74 Å². The van der Waals surface area contributed by atoms with Crippen LogP contribution in [0.5, 0.6) is 5.75 Å². The minimum atomic E-state index is 0.728. The fourth-order valence-electron chi connectivity index (χ4n) is 2.97. The van der Waals surface area contributed by atoms with Gasteiger partial charge in [0.05, 0.1) is 24.2 Å². The second-order valence-electron chi connectivity index (χ2n) is 5.98. The topological polar surface area (TPSA) is 53.1 Å². The van der Waals surface area contributed by atoms with E-state index in [0.717, 1.165) is 39.6 Å². The van der Waals surface area contributed by atoms with Crippen LogP contribution >= 0.6 is 0 Å². The summed E-state index contributed by atoms with van der Waals surface area (Å²) in [7, 11) is 1.66. The van der Waals surface area contributed by atoms with Gasteiger partial charge in [-0.2, -0.15) is 5.10 Å². The summed E-state index contributed by atoms with van der Waals surface area (Å²) in [5.74, 6) is 0.823. The van der Waals surface area contributed by atoms with Crippen LogP contribution in [0, 0.1) is 0 Å². The zero-order valence-electron chi connectivity index (χ0n) is 14.5. The van der Waals surface area contributed by atoms with Gasteiger partial charge in [-0.15, -0.1) is 0 Å². The molecular formula is C22H19N3O. The van der Waals surface area contributed by atoms with Gasteiger partial charge in [0.1, 0.15) is 5.75 Å². The van der Waals surface area contributed by atoms with Crippen LogP contribution in [0.3, 0.4) is 0 Å². The minimum Gasteiger partial charge on any atom is -0.497 e. The van der Waals surface area contributed by atoms with E-state index in [0.29, 0.717) is 0 Å². The van der Waals surface area contributed by atoms with E-state index in [2.05, 4.69) is 6.07 Å². The van der Waals surface area contributed by atoms with Gasteiger partial charge in [0, 0.05) is 16.8 Å². The van der Waals surface area contributed by atoms with E-state index in [1.807, 2.05) is 83.5 Å². The van der Waals surface area contributed by atoms with Gasteiger partial charge < -0.3 is 10.5 Å². The maximum absolute atomic E-state index is 6.23. The lowest BCUT2D eigenvalue weighted by molar-refractivity contribution is 0.415. The first kappa shape index (κ1) is 16.0. The molecule has 1 aromatic heterocycles. The molecule has 0 saturated heterocycles. The Hall–Kier alpha value is -3.53. The number of para-hydroxylation sites is 2. The van der Waals surface area contributed by atoms with Gasteiger partial charge in [-0.3, -0.25) is 0 Å². The van der Waals surface area contributed by atoms with Gasteiger partial charge in [0.15, 0.2) is 0 Å². The van der Waals surface area contributed by atoms with Crippen molar-refractivity contribution in [3.63, 3.8) is 0 Å². The lowest BCUT2D eigenvalue weighted by Gasteiger charge is -2.09. The summed E-state index contributed by atoms with van der Waals surface area (Å²) in [5.41, 5.74) is 11.8. The Morgan fingerprint density at radius 2 is 1.54 bits per heavy atom. The Labute approximate surface area is 152 Å². The average Bonchev–Trinajstić information content (AvgIpc) is 3.14. The zero-order valence-corrected chi connectivity index (χ0v) is 14.5. The molecule has 0 saturated carbocycles. The van der Waals surface area contributed by atoms with E-state index in [4.69, 9.17) is 15.6 Å². The van der Waals surface area contributed by atoms with E-state index in [-0.39, 0.29) is 0 Å². The Morgan fingerprint density at radius 3 is 2.23 bits per heavy atom. The first-order chi connectivity index (χ1) is 12.8. The monoisotopic (exact) mass is 341 g/mol. The quantitative estimate of drug-likeness (QED) is 0.543. The van der Waals surface area contributed by atoms with Gasteiger partial charge >= 0.3 is 0 Å². The first-order valence-electron chi connectivity index (χ1n) is 8.41. The zero-order chi connectivity index (χ0) is 17.9. The highest BCUT2D eigenvalue weighted by molar-refractivity contribution is 5.78. The Bertz CT molecular complexity index is 1020. The number of ether oxygens (including phenoxy) is 1. The number of hydrogen-bond donors (Lipinski definition) is 1. The molecule has 4 aromatic rings. The summed E-state index contributed by atoms with van der Waals surface area (Å²) in [6, 6.07) is 27.9. The van der Waals surface area contributed by atoms with Crippen LogP contribution in [-0.2, 0) is 0 Å². The summed E-state index contributed by atoms with van der Waals surface area (Å²) in [5, 5.41) is 4.84. The molecule has 1 heterocycles. The molecule has 0 atom stereocenters. The second-order valence-corrected chi connectivity index (χ2v) is 5.98. The molecule has 0 bridgehead atoms. The fourth-order valence-corrected chi connectivity index (χ4v) is 2.97. The van der Waals surface area contributed by atoms with Crippen LogP contribution in [-0.4, -0.2) is 16.9 Å². The predicted molar refractivity (Wildman–Crippen MR) is 105 cm³/mol. The number of methoxy groups -OCH3 is 1. The van der Waals surface area contributed by atoms with Crippen molar-refractivity contribution in [2.24, 2.45) is 0 Å². The van der Waals surface area contributed by atoms with Crippen molar-refractivity contribution in [1.82, 2.24) is 9.78 Å². The molecule has 0 fully saturated rings. The van der Waals surface area contributed by atoms with E-state index in [1.54, 1.807) is 7.11 Å². The van der Waals surface area contributed by atoms with Crippen molar-refractivity contribution in [3.05, 3.63) is 84.9 Å². The van der Waals surface area contributed by atoms with Gasteiger partial charge in [-0.25, -0.2) is 4.68 Å². The van der Waals surface area contributed by atoms with Gasteiger partial charge in [-0.1, -0.05) is 36.4 Å². The lowest BCUT2D eigenvalue weighted by Crippen LogP contribution is -2.00. The van der Waals surface area contributed by atoms with E-state index < -0.39 is 0 Å². The molecule has 0 amide bonds. The number of benzene rings is 3. The maximum Gasteiger partial charge on any atom is 0.118 e. The molecule has 2 N–H and O–H groups in total. The fraction of sp³-hybridized carbons (Fsp3) is 0.0455. The third-order valence-corrected chi connectivity index (χ3v) is 4.33. The number of aromatic nitrogens is 2. The van der Waals surface area contributed by atoms with Gasteiger partial charge in [0.25, 0.3) is 0 Å². The van der Waals surface area contributed by atoms with E-state index >= 15 is 0 Å². The van der Waals surface area contributed by atoms with Crippen molar-refractivity contribution in [2.45, 2.75) is 0 Å². The van der Waals surface area contributed by atoms with Crippen molar-refractivity contribution >= 4 is 5.69 Å². The summed E-state index contributed by atoms with van der Waals surface area (Å²) in [4.78, 5) is 0. The van der Waals surface area contributed by atoms with E-state index in [9.17, 15) is 0 Å². The van der Waals surface area contributed by atoms with Crippen molar-refractivity contribution in [1.29, 1.82) is 0 Å². The number of hydrogen-bond acceptors (Lipinski definition) is 3. The molecule has 4 heteroatoms. The van der Waals surface area contributed by atoms with Crippen LogP contribution in [0.25, 0.3) is 28.2 Å². The second kappa shape index (κ2) is 6.76. The van der Waals surface area contributed by atoms with E-state index in [1.165, 1.54) is 0 Å². The van der Waals surface area contributed by atoms with Crippen LogP contribution in [0.1, 0.15) is 0 Å². The number of nitrogens with two attached hydrogens (primary N) is 1. The molecule has 0 radical (unpaired) electrons. The molecule has 0 spiro atoms. The highest BCUT2D eigenvalue weighted by Crippen LogP contribution is 2.32. The normalized spacial score (nSPS) is 10.7. The molecule has 26 heavy (non-hydrogen) atoms. The molecule has 3 aromatic carbocycles. The largest absolute Gasteiger partial charge is 0.497 e. The van der Waals surface area contributed by atoms with Crippen molar-refractivity contribution in [3.8, 4) is 34.0 Å². The number of nitrogens with zero attached hydrogens (tertiary/aromatic N) is 2. The highest BCUT2D eigenvalue weighted by Gasteiger charge is 2.14. The molecule has 0 aliphatic heterocycles. The van der Waals surface area contributed by atoms with Crippen molar-refractivity contribution in [2.75, 3.05) is 12.8 Å². The minimum absolute atomic E-state index is 0.728. The number of rotatable bonds is 4. The SMILES string of the molecule is COc1ccc(-c2cc(-c3ccccc3N)n(-c3ccccc3)n2)cc1. The molecule has 4 rings (SSSR count). The third kappa shape index (κ3) is 2.93. The van der Waals surface area contributed by atoms with Gasteiger partial charge in [0.2, 0.25) is 0 Å². The lowest BCUT2D eigenvalue weighted by atomic mass is 10.1. The molecule has 4 nitrogen and oxygen atoms in total. The Morgan fingerprint density at radius 1 is 0.846 bits per heavy atom. The average molecular weight is 341 g/mol. The van der Waals surface area contributed by atoms with Gasteiger partial charge in [-0.05, 0) is 48.5 Å². The molecule has 128 valence electrons. The standard InChI is InChI=1S/C22H19N3O/c1-26-18-13-11-16(12-14-18)21-15-22(19-9-5-6-10-20(19)23)25(24-21)17-7-3-2-4-8-17/h2-15H,23H2,1H3. The molecular weight excluding hydrogens is 322 g/mol. The summed E-state index contributed by atoms with van der Waals surface area (Å²) in [6.45, 7) is 0. The smallest absolute Gasteiger partial charge is 0.118 e. The predicted octanol–water partition coefficient (Wildman–Crippen LogP) is 4.80. The summed E-state index contributed by atoms with van der Waals surface area (Å²) in [6.07, 6.45) is 0. The first-order valence-corrected chi connectivity index (χ1v) is 8.41. The summed E-state index contributed by atoms with van der Waals surface area (Å²) < 4.78 is 7.18. The Kier molecular flexibility index (Phi) is 4.15. The highest BCUT2D eigenvalue weighted by atomic mass is 16.5. The molecule has 0 unspecified atom stereocenters. The number of anilines is 1. The van der Waals surface area contributed by atoms with Crippen LogP contribution in [0.2, 0.25) is 0 Å². The number of nitrogen functional groups attached to an aromatic ring is 1. The maximum atomic E-state index is 6.23. The van der Waals surface area contributed by atoms with Crippen LogP contribution < -0.4 is 10.5 Å². The van der Waals surface area contributed by atoms with Crippen LogP contribution in [0.4, 0.5) is 5.69 Å². The molecule has 0 aliphatic rings. The third-order valence-electron chi connectivity index (χ3n) is 4.33. The Balaban J connectivity index is 1.89.